The maximum atomic E-state index is 12.7. The number of nitrogens with one attached hydrogen (secondary N) is 3. The molecule has 9 nitrogen and oxygen atoms in total. The van der Waals surface area contributed by atoms with Crippen LogP contribution in [0.2, 0.25) is 0 Å². The maximum absolute atomic E-state index is 12.7. The fourth-order valence-corrected chi connectivity index (χ4v) is 3.44. The van der Waals surface area contributed by atoms with Gasteiger partial charge in [0.1, 0.15) is 18.0 Å². The first-order valence-electron chi connectivity index (χ1n) is 10.7. The number of carbonyl (C=O) groups is 2. The average molecular weight is 444 g/mol. The lowest BCUT2D eigenvalue weighted by atomic mass is 10.2. The third-order valence-corrected chi connectivity index (χ3v) is 5.16. The SMILES string of the molecule is CCN(CC)C(=O)Nc1cc(Nc2ccc3c(ccn3C(=O)Nc3ccccc3)c2)ncn1. The van der Waals surface area contributed by atoms with Gasteiger partial charge < -0.3 is 15.5 Å². The zero-order chi connectivity index (χ0) is 23.2. The van der Waals surface area contributed by atoms with Crippen molar-refractivity contribution in [1.29, 1.82) is 0 Å². The van der Waals surface area contributed by atoms with Crippen LogP contribution in [0.1, 0.15) is 13.8 Å². The lowest BCUT2D eigenvalue weighted by molar-refractivity contribution is 0.217. The lowest BCUT2D eigenvalue weighted by Crippen LogP contribution is -2.34. The van der Waals surface area contributed by atoms with Crippen LogP contribution in [0.3, 0.4) is 0 Å². The molecule has 2 aromatic heterocycles. The number of urea groups is 1. The van der Waals surface area contributed by atoms with E-state index in [9.17, 15) is 9.59 Å². The first kappa shape index (κ1) is 21.8. The van der Waals surface area contributed by atoms with Crippen molar-refractivity contribution in [2.75, 3.05) is 29.0 Å². The maximum Gasteiger partial charge on any atom is 0.330 e. The van der Waals surface area contributed by atoms with Gasteiger partial charge in [-0.1, -0.05) is 18.2 Å². The number of hydrogen-bond acceptors (Lipinski definition) is 5. The summed E-state index contributed by atoms with van der Waals surface area (Å²) >= 11 is 0. The second kappa shape index (κ2) is 9.82. The molecule has 0 bridgehead atoms. The molecule has 0 aliphatic heterocycles. The molecule has 0 saturated heterocycles. The van der Waals surface area contributed by atoms with E-state index in [0.29, 0.717) is 24.7 Å². The molecule has 0 aliphatic rings. The van der Waals surface area contributed by atoms with Crippen LogP contribution in [0, 0.1) is 0 Å². The van der Waals surface area contributed by atoms with Gasteiger partial charge in [0.05, 0.1) is 5.52 Å². The molecule has 2 heterocycles. The molecule has 4 rings (SSSR count). The van der Waals surface area contributed by atoms with Crippen LogP contribution >= 0.6 is 0 Å². The summed E-state index contributed by atoms with van der Waals surface area (Å²) in [6.07, 6.45) is 3.13. The van der Waals surface area contributed by atoms with Crippen LogP contribution in [-0.4, -0.2) is 44.6 Å². The third kappa shape index (κ3) is 5.09. The zero-order valence-corrected chi connectivity index (χ0v) is 18.4. The summed E-state index contributed by atoms with van der Waals surface area (Å²) in [4.78, 5) is 34.9. The van der Waals surface area contributed by atoms with Crippen molar-refractivity contribution in [3.63, 3.8) is 0 Å². The molecule has 0 fully saturated rings. The van der Waals surface area contributed by atoms with Gasteiger partial charge in [-0.3, -0.25) is 9.88 Å². The molecule has 0 spiro atoms. The Morgan fingerprint density at radius 1 is 0.879 bits per heavy atom. The molecule has 4 aromatic rings. The Hall–Kier alpha value is -4.40. The van der Waals surface area contributed by atoms with Crippen molar-refractivity contribution in [1.82, 2.24) is 19.4 Å². The second-order valence-corrected chi connectivity index (χ2v) is 7.27. The van der Waals surface area contributed by atoms with E-state index in [1.807, 2.05) is 68.4 Å². The molecule has 3 amide bonds. The van der Waals surface area contributed by atoms with Crippen LogP contribution in [0.4, 0.5) is 32.6 Å². The molecule has 0 atom stereocenters. The molecule has 3 N–H and O–H groups in total. The monoisotopic (exact) mass is 443 g/mol. The van der Waals surface area contributed by atoms with E-state index < -0.39 is 0 Å². The molecule has 0 saturated carbocycles. The molecular formula is C24H25N7O2. The van der Waals surface area contributed by atoms with Crippen molar-refractivity contribution in [2.24, 2.45) is 0 Å². The van der Waals surface area contributed by atoms with Crippen molar-refractivity contribution in [3.8, 4) is 0 Å². The number of fused-ring (bicyclic) bond motifs is 1. The fourth-order valence-electron chi connectivity index (χ4n) is 3.44. The van der Waals surface area contributed by atoms with Crippen LogP contribution in [-0.2, 0) is 0 Å². The van der Waals surface area contributed by atoms with E-state index in [-0.39, 0.29) is 12.1 Å². The summed E-state index contributed by atoms with van der Waals surface area (Å²) in [6, 6.07) is 18.1. The molecular weight excluding hydrogens is 418 g/mol. The Morgan fingerprint density at radius 2 is 1.64 bits per heavy atom. The van der Waals surface area contributed by atoms with E-state index in [1.54, 1.807) is 21.7 Å². The smallest absolute Gasteiger partial charge is 0.330 e. The first-order chi connectivity index (χ1) is 16.1. The number of carbonyl (C=O) groups excluding carboxylic acids is 2. The van der Waals surface area contributed by atoms with Crippen molar-refractivity contribution >= 4 is 46.0 Å². The number of hydrogen-bond donors (Lipinski definition) is 3. The zero-order valence-electron chi connectivity index (χ0n) is 18.4. The second-order valence-electron chi connectivity index (χ2n) is 7.27. The lowest BCUT2D eigenvalue weighted by Gasteiger charge is -2.18. The summed E-state index contributed by atoms with van der Waals surface area (Å²) in [5.74, 6) is 0.953. The highest BCUT2D eigenvalue weighted by molar-refractivity contribution is 5.99. The normalized spacial score (nSPS) is 10.6. The van der Waals surface area contributed by atoms with Gasteiger partial charge in [-0.25, -0.2) is 19.6 Å². The number of anilines is 4. The summed E-state index contributed by atoms with van der Waals surface area (Å²) in [7, 11) is 0. The Bertz CT molecular complexity index is 1270. The summed E-state index contributed by atoms with van der Waals surface area (Å²) in [5, 5.41) is 9.78. The standard InChI is InChI=1S/C24H25N7O2/c1-3-30(4-2)23(32)29-22-15-21(25-16-26-22)27-19-10-11-20-17(14-19)12-13-31(20)24(33)28-18-8-6-5-7-9-18/h5-16H,3-4H2,1-2H3,(H,28,33)(H2,25,26,27,29,32). The number of benzene rings is 2. The highest BCUT2D eigenvalue weighted by atomic mass is 16.2. The summed E-state index contributed by atoms with van der Waals surface area (Å²) in [5.41, 5.74) is 2.31. The predicted molar refractivity (Wildman–Crippen MR) is 130 cm³/mol. The quantitative estimate of drug-likeness (QED) is 0.383. The van der Waals surface area contributed by atoms with Gasteiger partial charge in [0.2, 0.25) is 0 Å². The Morgan fingerprint density at radius 3 is 2.39 bits per heavy atom. The number of nitrogens with zero attached hydrogens (tertiary/aromatic N) is 4. The average Bonchev–Trinajstić information content (AvgIpc) is 3.24. The largest absolute Gasteiger partial charge is 0.340 e. The first-order valence-corrected chi connectivity index (χ1v) is 10.7. The van der Waals surface area contributed by atoms with Gasteiger partial charge in [-0.15, -0.1) is 0 Å². The van der Waals surface area contributed by atoms with Gasteiger partial charge in [0, 0.05) is 42.1 Å². The Labute approximate surface area is 191 Å². The van der Waals surface area contributed by atoms with Crippen molar-refractivity contribution < 1.29 is 9.59 Å². The summed E-state index contributed by atoms with van der Waals surface area (Å²) in [6.45, 7) is 5.07. The minimum Gasteiger partial charge on any atom is -0.340 e. The van der Waals surface area contributed by atoms with Crippen LogP contribution < -0.4 is 16.0 Å². The summed E-state index contributed by atoms with van der Waals surface area (Å²) < 4.78 is 1.57. The third-order valence-electron chi connectivity index (χ3n) is 5.16. The number of amides is 3. The molecule has 0 unspecified atom stereocenters. The highest BCUT2D eigenvalue weighted by Gasteiger charge is 2.12. The van der Waals surface area contributed by atoms with Gasteiger partial charge in [-0.05, 0) is 50.2 Å². The molecule has 33 heavy (non-hydrogen) atoms. The van der Waals surface area contributed by atoms with Crippen molar-refractivity contribution in [2.45, 2.75) is 13.8 Å². The fraction of sp³-hybridized carbons (Fsp3) is 0.167. The molecule has 0 aliphatic carbocycles. The van der Waals surface area contributed by atoms with E-state index in [2.05, 4.69) is 25.9 Å². The number of aromatic nitrogens is 3. The van der Waals surface area contributed by atoms with Gasteiger partial charge in [-0.2, -0.15) is 0 Å². The number of para-hydroxylation sites is 1. The topological polar surface area (TPSA) is 104 Å². The van der Waals surface area contributed by atoms with E-state index in [4.69, 9.17) is 0 Å². The van der Waals surface area contributed by atoms with Crippen LogP contribution in [0.25, 0.3) is 10.9 Å². The minimum absolute atomic E-state index is 0.207. The molecule has 0 radical (unpaired) electrons. The highest BCUT2D eigenvalue weighted by Crippen LogP contribution is 2.24. The van der Waals surface area contributed by atoms with E-state index in [1.165, 1.54) is 6.33 Å². The van der Waals surface area contributed by atoms with E-state index >= 15 is 0 Å². The van der Waals surface area contributed by atoms with Crippen molar-refractivity contribution in [3.05, 3.63) is 73.2 Å². The van der Waals surface area contributed by atoms with Gasteiger partial charge in [0.15, 0.2) is 0 Å². The van der Waals surface area contributed by atoms with Gasteiger partial charge >= 0.3 is 12.1 Å². The van der Waals surface area contributed by atoms with Crippen LogP contribution in [0.15, 0.2) is 73.2 Å². The van der Waals surface area contributed by atoms with Gasteiger partial charge in [0.25, 0.3) is 0 Å². The van der Waals surface area contributed by atoms with Crippen LogP contribution in [0.5, 0.6) is 0 Å². The Kier molecular flexibility index (Phi) is 6.49. The predicted octanol–water partition coefficient (Wildman–Crippen LogP) is 5.13. The molecule has 2 aromatic carbocycles. The van der Waals surface area contributed by atoms with E-state index in [0.717, 1.165) is 22.3 Å². The number of rotatable bonds is 6. The molecule has 9 heteroatoms. The molecule has 168 valence electrons. The Balaban J connectivity index is 1.48. The minimum atomic E-state index is -0.235.